The molecule has 54 heavy (non-hydrogen) atoms. The van der Waals surface area contributed by atoms with Gasteiger partial charge in [-0.1, -0.05) is 103 Å². The Morgan fingerprint density at radius 3 is 1.52 bits per heavy atom. The Morgan fingerprint density at radius 2 is 1.06 bits per heavy atom. The van der Waals surface area contributed by atoms with E-state index in [1.807, 2.05) is 22.7 Å². The molecule has 7 aromatic rings. The second-order valence-corrected chi connectivity index (χ2v) is 19.4. The fraction of sp³-hybridized carbons (Fsp3) is 0.467. The van der Waals surface area contributed by atoms with Crippen LogP contribution < -0.4 is 0 Å². The number of hydrogen-bond donors (Lipinski definition) is 0. The molecular weight excluding hydrogens is 757 g/mol. The standard InChI is InChI=1S/C45H50N4S5/c1-7-12-17-29(10-4)19-15-21-31-24-34-36(50-31)26-38(52-34)40-42-43(47-33(23-14-9-3)28(6)46-42)41(45-44(40)48-54-49-45)39-27-37-35(53-39)25-32(51-37)22-16-20-30(11-5)18-13-8-2/h24-27,29-30H,7-14,17-20,23H2,1-6H3. The number of unbranched alkanes of at least 4 members (excludes halogenated alkanes) is 3. The molecule has 1 aromatic carbocycles. The predicted octanol–water partition coefficient (Wildman–Crippen LogP) is 15.1. The lowest BCUT2D eigenvalue weighted by Gasteiger charge is -2.13. The monoisotopic (exact) mass is 806 g/mol. The molecule has 4 nitrogen and oxygen atoms in total. The summed E-state index contributed by atoms with van der Waals surface area (Å²) in [5.74, 6) is 15.4. The Labute approximate surface area is 341 Å². The number of aromatic nitrogens is 4. The average molecular weight is 807 g/mol. The number of hydrogen-bond acceptors (Lipinski definition) is 9. The lowest BCUT2D eigenvalue weighted by atomic mass is 9.96. The summed E-state index contributed by atoms with van der Waals surface area (Å²) in [6.07, 6.45) is 15.1. The highest BCUT2D eigenvalue weighted by Gasteiger charge is 2.26. The predicted molar refractivity (Wildman–Crippen MR) is 241 cm³/mol. The van der Waals surface area contributed by atoms with Crippen LogP contribution in [0.3, 0.4) is 0 Å². The van der Waals surface area contributed by atoms with Gasteiger partial charge in [-0.05, 0) is 68.7 Å². The van der Waals surface area contributed by atoms with Gasteiger partial charge in [-0.3, -0.25) is 0 Å². The maximum Gasteiger partial charge on any atom is 0.116 e. The maximum absolute atomic E-state index is 5.44. The van der Waals surface area contributed by atoms with E-state index < -0.39 is 0 Å². The van der Waals surface area contributed by atoms with Crippen LogP contribution >= 0.6 is 57.1 Å². The molecule has 0 saturated heterocycles. The molecule has 0 bridgehead atoms. The number of rotatable bonds is 15. The summed E-state index contributed by atoms with van der Waals surface area (Å²) in [6, 6.07) is 9.18. The van der Waals surface area contributed by atoms with E-state index in [1.54, 1.807) is 22.7 Å². The van der Waals surface area contributed by atoms with Crippen molar-refractivity contribution < 1.29 is 0 Å². The summed E-state index contributed by atoms with van der Waals surface area (Å²) in [6.45, 7) is 13.5. The topological polar surface area (TPSA) is 51.6 Å². The Hall–Kier alpha value is -3.18. The molecule has 0 N–H and O–H groups in total. The number of aryl methyl sites for hydroxylation is 2. The van der Waals surface area contributed by atoms with E-state index in [4.69, 9.17) is 18.7 Å². The molecule has 0 radical (unpaired) electrons. The van der Waals surface area contributed by atoms with Gasteiger partial charge in [0, 0.05) is 52.5 Å². The lowest BCUT2D eigenvalue weighted by Crippen LogP contribution is -2.02. The van der Waals surface area contributed by atoms with Crippen molar-refractivity contribution in [3.05, 3.63) is 45.4 Å². The molecule has 0 fully saturated rings. The van der Waals surface area contributed by atoms with Gasteiger partial charge in [-0.25, -0.2) is 9.97 Å². The Kier molecular flexibility index (Phi) is 13.2. The zero-order valence-electron chi connectivity index (χ0n) is 32.5. The minimum Gasteiger partial charge on any atom is -0.249 e. The molecule has 280 valence electrons. The van der Waals surface area contributed by atoms with Crippen LogP contribution in [0.4, 0.5) is 0 Å². The van der Waals surface area contributed by atoms with Crippen LogP contribution in [0, 0.1) is 42.4 Å². The largest absolute Gasteiger partial charge is 0.249 e. The minimum absolute atomic E-state index is 0.698. The highest BCUT2D eigenvalue weighted by molar-refractivity contribution is 7.30. The summed E-state index contributed by atoms with van der Waals surface area (Å²) < 4.78 is 15.0. The summed E-state index contributed by atoms with van der Waals surface area (Å²) in [5.41, 5.74) is 7.89. The molecule has 2 unspecified atom stereocenters. The third kappa shape index (κ3) is 8.47. The molecule has 0 aliphatic heterocycles. The molecule has 0 spiro atoms. The van der Waals surface area contributed by atoms with Gasteiger partial charge in [0.15, 0.2) is 0 Å². The van der Waals surface area contributed by atoms with Crippen molar-refractivity contribution in [2.75, 3.05) is 0 Å². The quantitative estimate of drug-likeness (QED) is 0.0969. The molecule has 0 saturated carbocycles. The van der Waals surface area contributed by atoms with Gasteiger partial charge in [-0.15, -0.1) is 45.3 Å². The van der Waals surface area contributed by atoms with Crippen molar-refractivity contribution in [1.82, 2.24) is 18.7 Å². The Balaban J connectivity index is 1.27. The molecule has 6 aromatic heterocycles. The van der Waals surface area contributed by atoms with Gasteiger partial charge in [0.05, 0.1) is 32.9 Å². The van der Waals surface area contributed by atoms with Crippen molar-refractivity contribution in [1.29, 1.82) is 0 Å². The van der Waals surface area contributed by atoms with Crippen molar-refractivity contribution in [2.45, 2.75) is 125 Å². The Morgan fingerprint density at radius 1 is 0.574 bits per heavy atom. The van der Waals surface area contributed by atoms with Gasteiger partial charge >= 0.3 is 0 Å². The highest BCUT2D eigenvalue weighted by atomic mass is 32.1. The third-order valence-electron chi connectivity index (χ3n) is 10.6. The molecule has 0 amide bonds. The van der Waals surface area contributed by atoms with E-state index >= 15 is 0 Å². The van der Waals surface area contributed by atoms with E-state index in [1.165, 1.54) is 91.6 Å². The first-order valence-corrected chi connectivity index (χ1v) is 23.9. The maximum atomic E-state index is 5.44. The van der Waals surface area contributed by atoms with Crippen molar-refractivity contribution in [2.24, 2.45) is 11.8 Å². The summed E-state index contributed by atoms with van der Waals surface area (Å²) in [4.78, 5) is 15.4. The molecular formula is C45H50N4S5. The second kappa shape index (κ2) is 18.2. The normalized spacial score (nSPS) is 12.8. The molecule has 7 rings (SSSR count). The first kappa shape index (κ1) is 39.1. The van der Waals surface area contributed by atoms with E-state index in [2.05, 4.69) is 89.5 Å². The first-order chi connectivity index (χ1) is 26.4. The van der Waals surface area contributed by atoms with Gasteiger partial charge in [0.1, 0.15) is 22.1 Å². The van der Waals surface area contributed by atoms with E-state index in [9.17, 15) is 0 Å². The fourth-order valence-electron chi connectivity index (χ4n) is 7.18. The van der Waals surface area contributed by atoms with Crippen molar-refractivity contribution >= 4 is 97.9 Å². The number of thiophene rings is 4. The first-order valence-electron chi connectivity index (χ1n) is 19.9. The van der Waals surface area contributed by atoms with Crippen LogP contribution in [-0.2, 0) is 6.42 Å². The lowest BCUT2D eigenvalue weighted by molar-refractivity contribution is 0.462. The minimum atomic E-state index is 0.698. The van der Waals surface area contributed by atoms with E-state index in [0.717, 1.165) is 86.4 Å². The number of benzene rings is 1. The van der Waals surface area contributed by atoms with E-state index in [0.29, 0.717) is 11.8 Å². The fourth-order valence-corrected chi connectivity index (χ4v) is 12.4. The van der Waals surface area contributed by atoms with Gasteiger partial charge in [-0.2, -0.15) is 8.75 Å². The SMILES string of the molecule is CCCCc1nc2c(-c3cc4sc(C#CCC(CC)CCCC)cc4s3)c3nsnc3c(-c3cc4sc(C#CCC(CC)CCCC)cc4s3)c2nc1C. The second-order valence-electron chi connectivity index (χ2n) is 14.5. The van der Waals surface area contributed by atoms with Gasteiger partial charge in [0.2, 0.25) is 0 Å². The molecule has 0 aliphatic carbocycles. The zero-order chi connectivity index (χ0) is 37.6. The summed E-state index contributed by atoms with van der Waals surface area (Å²) in [7, 11) is 0. The summed E-state index contributed by atoms with van der Waals surface area (Å²) in [5, 5.41) is 0. The molecule has 0 aliphatic rings. The molecule has 6 heterocycles. The molecule has 2 atom stereocenters. The number of nitrogens with zero attached hydrogens (tertiary/aromatic N) is 4. The van der Waals surface area contributed by atoms with Crippen LogP contribution in [0.5, 0.6) is 0 Å². The van der Waals surface area contributed by atoms with Crippen LogP contribution in [0.2, 0.25) is 0 Å². The number of fused-ring (bicyclic) bond motifs is 4. The van der Waals surface area contributed by atoms with Gasteiger partial charge in [0.25, 0.3) is 0 Å². The van der Waals surface area contributed by atoms with Crippen molar-refractivity contribution in [3.63, 3.8) is 0 Å². The van der Waals surface area contributed by atoms with E-state index in [-0.39, 0.29) is 0 Å². The zero-order valence-corrected chi connectivity index (χ0v) is 36.6. The third-order valence-corrected chi connectivity index (χ3v) is 15.6. The van der Waals surface area contributed by atoms with Crippen LogP contribution in [0.1, 0.15) is 133 Å². The van der Waals surface area contributed by atoms with Crippen LogP contribution in [0.25, 0.3) is 61.7 Å². The van der Waals surface area contributed by atoms with Crippen molar-refractivity contribution in [3.8, 4) is 44.6 Å². The Bertz CT molecular complexity index is 2440. The van der Waals surface area contributed by atoms with Gasteiger partial charge < -0.3 is 0 Å². The van der Waals surface area contributed by atoms with Crippen LogP contribution in [0.15, 0.2) is 24.3 Å². The summed E-state index contributed by atoms with van der Waals surface area (Å²) >= 11 is 8.49. The highest BCUT2D eigenvalue weighted by Crippen LogP contribution is 2.48. The average Bonchev–Trinajstić information content (AvgIpc) is 4.00. The smallest absolute Gasteiger partial charge is 0.116 e. The van der Waals surface area contributed by atoms with Crippen LogP contribution in [-0.4, -0.2) is 18.7 Å². The molecule has 9 heteroatoms.